The van der Waals surface area contributed by atoms with Crippen LogP contribution in [0.1, 0.15) is 0 Å². The van der Waals surface area contributed by atoms with Gasteiger partial charge in [-0.05, 0) is 17.6 Å². The van der Waals surface area contributed by atoms with E-state index in [1.54, 1.807) is 6.07 Å². The molecular weight excluding hydrogens is 224 g/mol. The Kier molecular flexibility index (Phi) is 3.07. The lowest BCUT2D eigenvalue weighted by Gasteiger charge is -2.10. The van der Waals surface area contributed by atoms with Crippen LogP contribution in [0.2, 0.25) is 0 Å². The summed E-state index contributed by atoms with van der Waals surface area (Å²) in [6.07, 6.45) is -4.68. The average Bonchev–Trinajstić information content (AvgIpc) is 2.68. The van der Waals surface area contributed by atoms with Gasteiger partial charge in [0.25, 0.3) is 0 Å². The molecule has 1 fully saturated rings. The quantitative estimate of drug-likeness (QED) is 0.719. The van der Waals surface area contributed by atoms with Gasteiger partial charge >= 0.3 is 13.5 Å². The largest absolute Gasteiger partial charge is 0.573 e. The summed E-state index contributed by atoms with van der Waals surface area (Å²) >= 11 is 0. The molecule has 0 atom stereocenters. The Morgan fingerprint density at radius 3 is 2.50 bits per heavy atom. The first kappa shape index (κ1) is 11.3. The molecule has 1 saturated heterocycles. The smallest absolute Gasteiger partial charge is 0.406 e. The predicted octanol–water partition coefficient (Wildman–Crippen LogP) is 1.33. The van der Waals surface area contributed by atoms with Crippen LogP contribution < -0.4 is 10.2 Å². The molecule has 0 aliphatic carbocycles. The number of benzene rings is 1. The lowest BCUT2D eigenvalue weighted by Crippen LogP contribution is -2.31. The van der Waals surface area contributed by atoms with Crippen LogP contribution in [0, 0.1) is 0 Å². The third kappa shape index (κ3) is 2.90. The van der Waals surface area contributed by atoms with E-state index in [0.717, 1.165) is 0 Å². The summed E-state index contributed by atoms with van der Waals surface area (Å²) in [5.41, 5.74) is 0.513. The Balaban J connectivity index is 2.12. The molecule has 0 unspecified atom stereocenters. The highest BCUT2D eigenvalue weighted by atomic mass is 19.4. The zero-order valence-electron chi connectivity index (χ0n) is 8.16. The fourth-order valence-electron chi connectivity index (χ4n) is 1.41. The van der Waals surface area contributed by atoms with E-state index in [1.807, 2.05) is 0 Å². The van der Waals surface area contributed by atoms with Crippen LogP contribution in [0.15, 0.2) is 24.3 Å². The molecule has 1 aliphatic heterocycles. The number of hydrogen-bond acceptors (Lipinski definition) is 3. The van der Waals surface area contributed by atoms with E-state index in [1.165, 1.54) is 18.2 Å². The molecule has 2 rings (SSSR count). The van der Waals surface area contributed by atoms with Gasteiger partial charge in [0, 0.05) is 0 Å². The molecule has 1 aromatic carbocycles. The van der Waals surface area contributed by atoms with Crippen LogP contribution in [0.25, 0.3) is 0 Å². The van der Waals surface area contributed by atoms with Crippen molar-refractivity contribution in [2.24, 2.45) is 0 Å². The summed E-state index contributed by atoms with van der Waals surface area (Å²) < 4.78 is 50.0. The fraction of sp³-hybridized carbons (Fsp3) is 0.333. The maximum absolute atomic E-state index is 12.0. The van der Waals surface area contributed by atoms with Gasteiger partial charge in [-0.25, -0.2) is 0 Å². The molecule has 86 valence electrons. The second-order valence-electron chi connectivity index (χ2n) is 3.19. The van der Waals surface area contributed by atoms with Gasteiger partial charge < -0.3 is 14.0 Å². The molecule has 16 heavy (non-hydrogen) atoms. The molecular formula is C9H8BF3O3. The van der Waals surface area contributed by atoms with Gasteiger partial charge in [-0.2, -0.15) is 0 Å². The highest BCUT2D eigenvalue weighted by Gasteiger charge is 2.32. The first-order valence-electron chi connectivity index (χ1n) is 4.63. The molecule has 1 heterocycles. The van der Waals surface area contributed by atoms with Crippen LogP contribution in [0.3, 0.4) is 0 Å². The Hall–Kier alpha value is -1.21. The van der Waals surface area contributed by atoms with E-state index in [0.29, 0.717) is 18.7 Å². The lowest BCUT2D eigenvalue weighted by atomic mass is 9.79. The van der Waals surface area contributed by atoms with Crippen molar-refractivity contribution >= 4 is 12.6 Å². The zero-order valence-corrected chi connectivity index (χ0v) is 8.16. The van der Waals surface area contributed by atoms with Crippen LogP contribution >= 0.6 is 0 Å². The summed E-state index contributed by atoms with van der Waals surface area (Å²) in [6.45, 7) is 0.879. The van der Waals surface area contributed by atoms with Gasteiger partial charge in [0.2, 0.25) is 0 Å². The summed E-state index contributed by atoms with van der Waals surface area (Å²) in [5, 5.41) is 0. The highest BCUT2D eigenvalue weighted by Crippen LogP contribution is 2.21. The molecule has 0 amide bonds. The molecule has 0 saturated carbocycles. The first-order chi connectivity index (χ1) is 7.54. The van der Waals surface area contributed by atoms with E-state index in [4.69, 9.17) is 9.31 Å². The van der Waals surface area contributed by atoms with Crippen molar-refractivity contribution in [1.82, 2.24) is 0 Å². The van der Waals surface area contributed by atoms with Crippen molar-refractivity contribution in [3.8, 4) is 5.75 Å². The van der Waals surface area contributed by atoms with Gasteiger partial charge in [0.15, 0.2) is 0 Å². The minimum atomic E-state index is -4.68. The maximum atomic E-state index is 12.0. The molecule has 0 radical (unpaired) electrons. The lowest BCUT2D eigenvalue weighted by molar-refractivity contribution is -0.274. The topological polar surface area (TPSA) is 27.7 Å². The summed E-state index contributed by atoms with van der Waals surface area (Å²) in [4.78, 5) is 0. The number of alkyl halides is 3. The number of hydrogen-bond donors (Lipinski definition) is 0. The Morgan fingerprint density at radius 2 is 1.88 bits per heavy atom. The van der Waals surface area contributed by atoms with Crippen LogP contribution in [0.4, 0.5) is 13.2 Å². The van der Waals surface area contributed by atoms with E-state index < -0.39 is 13.5 Å². The number of ether oxygens (including phenoxy) is 1. The number of halogens is 3. The summed E-state index contributed by atoms with van der Waals surface area (Å²) in [6, 6.07) is 5.57. The minimum absolute atomic E-state index is 0.274. The van der Waals surface area contributed by atoms with Crippen LogP contribution in [-0.2, 0) is 9.31 Å². The van der Waals surface area contributed by atoms with Gasteiger partial charge in [0.05, 0.1) is 13.2 Å². The minimum Gasteiger partial charge on any atom is -0.406 e. The molecule has 0 N–H and O–H groups in total. The molecule has 1 aromatic rings. The molecule has 7 heteroatoms. The Labute approximate surface area is 90.3 Å². The summed E-state index contributed by atoms with van der Waals surface area (Å²) in [5.74, 6) is -0.274. The van der Waals surface area contributed by atoms with Crippen molar-refractivity contribution in [3.05, 3.63) is 24.3 Å². The SMILES string of the molecule is FC(F)(F)Oc1cccc(B2OCCO2)c1. The summed E-state index contributed by atoms with van der Waals surface area (Å²) in [7, 11) is -0.600. The second-order valence-corrected chi connectivity index (χ2v) is 3.19. The monoisotopic (exact) mass is 232 g/mol. The Bertz CT molecular complexity index is 363. The van der Waals surface area contributed by atoms with Gasteiger partial charge in [0.1, 0.15) is 5.75 Å². The van der Waals surface area contributed by atoms with Crippen molar-refractivity contribution in [1.29, 1.82) is 0 Å². The van der Waals surface area contributed by atoms with Crippen LogP contribution in [0.5, 0.6) is 5.75 Å². The van der Waals surface area contributed by atoms with E-state index in [9.17, 15) is 13.2 Å². The van der Waals surface area contributed by atoms with E-state index in [-0.39, 0.29) is 5.75 Å². The van der Waals surface area contributed by atoms with Gasteiger partial charge in [-0.15, -0.1) is 13.2 Å². The van der Waals surface area contributed by atoms with Crippen LogP contribution in [-0.4, -0.2) is 26.7 Å². The average molecular weight is 232 g/mol. The first-order valence-corrected chi connectivity index (χ1v) is 4.63. The molecule has 0 aromatic heterocycles. The molecule has 0 bridgehead atoms. The molecule has 3 nitrogen and oxygen atoms in total. The van der Waals surface area contributed by atoms with E-state index in [2.05, 4.69) is 4.74 Å². The van der Waals surface area contributed by atoms with E-state index >= 15 is 0 Å². The van der Waals surface area contributed by atoms with Gasteiger partial charge in [-0.1, -0.05) is 12.1 Å². The fourth-order valence-corrected chi connectivity index (χ4v) is 1.41. The standard InChI is InChI=1S/C9H8BF3O3/c11-9(12,13)16-8-3-1-2-7(6-8)10-14-4-5-15-10/h1-3,6H,4-5H2. The van der Waals surface area contributed by atoms with Crippen molar-refractivity contribution < 1.29 is 27.2 Å². The van der Waals surface area contributed by atoms with Crippen molar-refractivity contribution in [2.75, 3.05) is 13.2 Å². The molecule has 0 spiro atoms. The van der Waals surface area contributed by atoms with Gasteiger partial charge in [-0.3, -0.25) is 0 Å². The highest BCUT2D eigenvalue weighted by molar-refractivity contribution is 6.61. The molecule has 1 aliphatic rings. The number of rotatable bonds is 2. The second kappa shape index (κ2) is 4.35. The third-order valence-corrected chi connectivity index (χ3v) is 1.99. The van der Waals surface area contributed by atoms with Crippen molar-refractivity contribution in [2.45, 2.75) is 6.36 Å². The zero-order chi connectivity index (χ0) is 11.6. The third-order valence-electron chi connectivity index (χ3n) is 1.99. The van der Waals surface area contributed by atoms with Crippen molar-refractivity contribution in [3.63, 3.8) is 0 Å². The Morgan fingerprint density at radius 1 is 1.19 bits per heavy atom. The normalized spacial score (nSPS) is 16.6. The maximum Gasteiger partial charge on any atom is 0.573 e. The predicted molar refractivity (Wildman–Crippen MR) is 50.4 cm³/mol.